The van der Waals surface area contributed by atoms with Gasteiger partial charge >= 0.3 is 0 Å². The monoisotopic (exact) mass is 187 g/mol. The molecule has 0 radical (unpaired) electrons. The molecule has 1 aromatic carbocycles. The van der Waals surface area contributed by atoms with Crippen LogP contribution in [0.5, 0.6) is 0 Å². The second kappa shape index (κ2) is 3.22. The predicted octanol–water partition coefficient (Wildman–Crippen LogP) is 0.532. The van der Waals surface area contributed by atoms with Gasteiger partial charge in [0, 0.05) is 0 Å². The van der Waals surface area contributed by atoms with Gasteiger partial charge in [-0.15, -0.1) is 0 Å². The summed E-state index contributed by atoms with van der Waals surface area (Å²) in [6.07, 6.45) is 0. The molecule has 1 rings (SSSR count). The van der Waals surface area contributed by atoms with Crippen LogP contribution in [0.2, 0.25) is 0 Å². The van der Waals surface area contributed by atoms with E-state index >= 15 is 0 Å². The highest BCUT2D eigenvalue weighted by Crippen LogP contribution is 2.13. The minimum Gasteiger partial charge on any atom is -0.309 e. The Hall–Kier alpha value is -0.910. The molecule has 0 aliphatic heterocycles. The maximum absolute atomic E-state index is 10.6. The average molecular weight is 187 g/mol. The molecule has 0 heterocycles. The molecule has 0 aliphatic carbocycles. The summed E-state index contributed by atoms with van der Waals surface area (Å²) in [5, 5.41) is -1.35. The first-order chi connectivity index (χ1) is 5.52. The van der Waals surface area contributed by atoms with Gasteiger partial charge in [0.1, 0.15) is 0 Å². The van der Waals surface area contributed by atoms with Crippen LogP contribution in [-0.2, 0) is 10.1 Å². The van der Waals surface area contributed by atoms with Gasteiger partial charge in [-0.1, -0.05) is 30.3 Å². The Balaban J connectivity index is 3.02. The number of nitrogens with two attached hydrogens (primary N) is 1. The van der Waals surface area contributed by atoms with E-state index in [1.807, 2.05) is 0 Å². The Bertz CT molecular complexity index is 346. The first-order valence-electron chi connectivity index (χ1n) is 3.28. The summed E-state index contributed by atoms with van der Waals surface area (Å²) in [6.45, 7) is 0. The third kappa shape index (κ3) is 2.04. The van der Waals surface area contributed by atoms with Crippen LogP contribution < -0.4 is 5.73 Å². The number of hydrogen-bond donors (Lipinski definition) is 2. The van der Waals surface area contributed by atoms with Crippen LogP contribution in [0.3, 0.4) is 0 Å². The summed E-state index contributed by atoms with van der Waals surface area (Å²) in [6, 6.07) is 8.12. The van der Waals surface area contributed by atoms with E-state index in [-0.39, 0.29) is 0 Å². The van der Waals surface area contributed by atoms with E-state index in [2.05, 4.69) is 0 Å². The van der Waals surface area contributed by atoms with Gasteiger partial charge in [-0.3, -0.25) is 4.55 Å². The maximum Gasteiger partial charge on any atom is 0.285 e. The first-order valence-corrected chi connectivity index (χ1v) is 4.79. The van der Waals surface area contributed by atoms with Crippen molar-refractivity contribution >= 4 is 10.1 Å². The van der Waals surface area contributed by atoms with Crippen molar-refractivity contribution in [1.82, 2.24) is 0 Å². The van der Waals surface area contributed by atoms with Crippen LogP contribution in [0.15, 0.2) is 30.3 Å². The lowest BCUT2D eigenvalue weighted by Crippen LogP contribution is -2.20. The van der Waals surface area contributed by atoms with Gasteiger partial charge in [-0.25, -0.2) is 0 Å². The molecular formula is C7H9NO3S. The van der Waals surface area contributed by atoms with Crippen molar-refractivity contribution in [3.63, 3.8) is 0 Å². The lowest BCUT2D eigenvalue weighted by Gasteiger charge is -2.06. The summed E-state index contributed by atoms with van der Waals surface area (Å²) < 4.78 is 29.7. The Morgan fingerprint density at radius 1 is 1.25 bits per heavy atom. The maximum atomic E-state index is 10.6. The van der Waals surface area contributed by atoms with Gasteiger partial charge in [0.15, 0.2) is 5.37 Å². The molecule has 0 aliphatic rings. The zero-order valence-corrected chi connectivity index (χ0v) is 7.03. The molecule has 0 amide bonds. The first kappa shape index (κ1) is 9.18. The van der Waals surface area contributed by atoms with Crippen LogP contribution in [0, 0.1) is 0 Å². The van der Waals surface area contributed by atoms with Crippen molar-refractivity contribution in [2.75, 3.05) is 0 Å². The quantitative estimate of drug-likeness (QED) is 0.662. The number of hydrogen-bond acceptors (Lipinski definition) is 3. The molecular weight excluding hydrogens is 178 g/mol. The molecule has 12 heavy (non-hydrogen) atoms. The fourth-order valence-corrected chi connectivity index (χ4v) is 1.32. The zero-order chi connectivity index (χ0) is 9.19. The summed E-state index contributed by atoms with van der Waals surface area (Å²) in [4.78, 5) is 0. The van der Waals surface area contributed by atoms with E-state index in [1.165, 1.54) is 0 Å². The van der Waals surface area contributed by atoms with E-state index in [0.29, 0.717) is 5.56 Å². The zero-order valence-electron chi connectivity index (χ0n) is 6.21. The van der Waals surface area contributed by atoms with Crippen molar-refractivity contribution < 1.29 is 13.0 Å². The summed E-state index contributed by atoms with van der Waals surface area (Å²) in [5.41, 5.74) is 5.61. The Kier molecular flexibility index (Phi) is 2.46. The second-order valence-electron chi connectivity index (χ2n) is 2.35. The molecule has 5 heteroatoms. The van der Waals surface area contributed by atoms with E-state index in [9.17, 15) is 8.42 Å². The van der Waals surface area contributed by atoms with Crippen molar-refractivity contribution in [3.8, 4) is 0 Å². The molecule has 0 aromatic heterocycles. The lowest BCUT2D eigenvalue weighted by atomic mass is 10.2. The molecule has 0 unspecified atom stereocenters. The molecule has 0 saturated heterocycles. The SMILES string of the molecule is N[C@@H](c1ccccc1)S(=O)(=O)O. The van der Waals surface area contributed by atoms with E-state index in [4.69, 9.17) is 10.3 Å². The average Bonchev–Trinajstić information content (AvgIpc) is 2.03. The van der Waals surface area contributed by atoms with Crippen LogP contribution in [0.1, 0.15) is 10.9 Å². The van der Waals surface area contributed by atoms with Crippen LogP contribution in [-0.4, -0.2) is 13.0 Å². The van der Waals surface area contributed by atoms with Crippen molar-refractivity contribution in [1.29, 1.82) is 0 Å². The molecule has 0 fully saturated rings. The molecule has 66 valence electrons. The van der Waals surface area contributed by atoms with Gasteiger partial charge in [-0.2, -0.15) is 8.42 Å². The Morgan fingerprint density at radius 2 is 1.75 bits per heavy atom. The molecule has 1 atom stereocenters. The Morgan fingerprint density at radius 3 is 2.17 bits per heavy atom. The van der Waals surface area contributed by atoms with Gasteiger partial charge in [0.2, 0.25) is 0 Å². The molecule has 0 bridgehead atoms. The number of benzene rings is 1. The fraction of sp³-hybridized carbons (Fsp3) is 0.143. The summed E-state index contributed by atoms with van der Waals surface area (Å²) in [5.74, 6) is 0. The minimum atomic E-state index is -4.18. The topological polar surface area (TPSA) is 80.4 Å². The normalized spacial score (nSPS) is 14.2. The highest BCUT2D eigenvalue weighted by molar-refractivity contribution is 7.86. The van der Waals surface area contributed by atoms with Crippen molar-refractivity contribution in [2.24, 2.45) is 5.73 Å². The van der Waals surface area contributed by atoms with Crippen LogP contribution in [0.25, 0.3) is 0 Å². The standard InChI is InChI=1S/C7H9NO3S/c8-7(12(9,10)11)6-4-2-1-3-5-6/h1-5,7H,8H2,(H,9,10,11)/t7-/m1/s1. The smallest absolute Gasteiger partial charge is 0.285 e. The van der Waals surface area contributed by atoms with Crippen LogP contribution in [0.4, 0.5) is 0 Å². The van der Waals surface area contributed by atoms with Gasteiger partial charge < -0.3 is 5.73 Å². The van der Waals surface area contributed by atoms with Crippen LogP contribution >= 0.6 is 0 Å². The summed E-state index contributed by atoms with van der Waals surface area (Å²) in [7, 11) is -4.18. The van der Waals surface area contributed by atoms with Gasteiger partial charge in [0.05, 0.1) is 0 Å². The number of rotatable bonds is 2. The van der Waals surface area contributed by atoms with Gasteiger partial charge in [0.25, 0.3) is 10.1 Å². The summed E-state index contributed by atoms with van der Waals surface area (Å²) >= 11 is 0. The predicted molar refractivity (Wildman–Crippen MR) is 44.9 cm³/mol. The van der Waals surface area contributed by atoms with E-state index < -0.39 is 15.5 Å². The van der Waals surface area contributed by atoms with E-state index in [0.717, 1.165) is 0 Å². The second-order valence-corrected chi connectivity index (χ2v) is 3.88. The van der Waals surface area contributed by atoms with Gasteiger partial charge in [-0.05, 0) is 5.56 Å². The Labute approximate surface area is 70.8 Å². The lowest BCUT2D eigenvalue weighted by molar-refractivity contribution is 0.470. The van der Waals surface area contributed by atoms with Crippen molar-refractivity contribution in [2.45, 2.75) is 5.37 Å². The highest BCUT2D eigenvalue weighted by Gasteiger charge is 2.18. The molecule has 4 nitrogen and oxygen atoms in total. The molecule has 1 aromatic rings. The van der Waals surface area contributed by atoms with E-state index in [1.54, 1.807) is 30.3 Å². The third-order valence-corrected chi connectivity index (χ3v) is 2.36. The minimum absolute atomic E-state index is 0.375. The molecule has 3 N–H and O–H groups in total. The van der Waals surface area contributed by atoms with Crippen molar-refractivity contribution in [3.05, 3.63) is 35.9 Å². The highest BCUT2D eigenvalue weighted by atomic mass is 32.2. The molecule has 0 spiro atoms. The molecule has 0 saturated carbocycles. The fourth-order valence-electron chi connectivity index (χ4n) is 0.815. The largest absolute Gasteiger partial charge is 0.309 e. The third-order valence-electron chi connectivity index (χ3n) is 1.45.